The van der Waals surface area contributed by atoms with E-state index < -0.39 is 22.7 Å². The largest absolute Gasteiger partial charge is 0.433 e. The second kappa shape index (κ2) is 8.49. The van der Waals surface area contributed by atoms with E-state index in [0.717, 1.165) is 12.3 Å². The lowest BCUT2D eigenvalue weighted by Crippen LogP contribution is -2.15. The minimum Gasteiger partial charge on any atom is -0.320 e. The number of nitro benzene ring substituents is 1. The van der Waals surface area contributed by atoms with Crippen LogP contribution in [0, 0.1) is 10.1 Å². The number of alkyl halides is 3. The molecule has 0 aliphatic carbocycles. The highest BCUT2D eigenvalue weighted by molar-refractivity contribution is 6.06. The molecule has 1 N–H and O–H groups in total. The number of benzene rings is 1. The van der Waals surface area contributed by atoms with Crippen molar-refractivity contribution in [3.05, 3.63) is 94.6 Å². The zero-order valence-corrected chi connectivity index (χ0v) is 16.5. The predicted octanol–water partition coefficient (Wildman–Crippen LogP) is 4.51. The first-order valence-electron chi connectivity index (χ1n) is 9.33. The number of carbonyl (C=O) groups excluding carboxylic acids is 1. The van der Waals surface area contributed by atoms with Crippen molar-refractivity contribution in [1.29, 1.82) is 0 Å². The molecule has 3 heterocycles. The van der Waals surface area contributed by atoms with E-state index in [1.165, 1.54) is 48.8 Å². The number of hydrogen-bond acceptors (Lipinski definition) is 6. The van der Waals surface area contributed by atoms with Crippen LogP contribution in [0.25, 0.3) is 17.1 Å². The number of nitro groups is 1. The highest BCUT2D eigenvalue weighted by Gasteiger charge is 2.37. The van der Waals surface area contributed by atoms with E-state index in [4.69, 9.17) is 0 Å². The molecule has 0 spiro atoms. The Bertz CT molecular complexity index is 1320. The fourth-order valence-electron chi connectivity index (χ4n) is 3.02. The minimum absolute atomic E-state index is 0.0611. The number of pyridine rings is 2. The fourth-order valence-corrected chi connectivity index (χ4v) is 3.02. The first kappa shape index (κ1) is 21.6. The molecule has 0 aliphatic heterocycles. The van der Waals surface area contributed by atoms with Crippen LogP contribution < -0.4 is 5.32 Å². The third-order valence-corrected chi connectivity index (χ3v) is 4.53. The number of nitrogens with zero attached hydrogens (tertiary/aromatic N) is 5. The van der Waals surface area contributed by atoms with Gasteiger partial charge in [0.25, 0.3) is 11.6 Å². The molecule has 0 unspecified atom stereocenters. The van der Waals surface area contributed by atoms with E-state index in [9.17, 15) is 28.1 Å². The average Bonchev–Trinajstić information content (AvgIpc) is 3.26. The number of anilines is 1. The molecule has 0 radical (unpaired) electrons. The van der Waals surface area contributed by atoms with E-state index in [2.05, 4.69) is 20.4 Å². The first-order chi connectivity index (χ1) is 15.7. The molecule has 4 aromatic rings. The maximum absolute atomic E-state index is 13.6. The van der Waals surface area contributed by atoms with Crippen LogP contribution in [0.5, 0.6) is 0 Å². The van der Waals surface area contributed by atoms with Crippen LogP contribution in [0.2, 0.25) is 0 Å². The van der Waals surface area contributed by atoms with Crippen molar-refractivity contribution < 1.29 is 22.9 Å². The fraction of sp³-hybridized carbons (Fsp3) is 0.0476. The third-order valence-electron chi connectivity index (χ3n) is 4.53. The third kappa shape index (κ3) is 4.54. The molecule has 9 nitrogen and oxygen atoms in total. The number of rotatable bonds is 5. The van der Waals surface area contributed by atoms with E-state index in [1.54, 1.807) is 12.1 Å². The summed E-state index contributed by atoms with van der Waals surface area (Å²) in [5.41, 5.74) is -0.991. The van der Waals surface area contributed by atoms with Crippen LogP contribution in [0.1, 0.15) is 16.1 Å². The molecule has 0 fully saturated rings. The molecule has 0 aliphatic rings. The molecule has 1 aromatic carbocycles. The Balaban J connectivity index is 1.63. The molecule has 12 heteroatoms. The molecule has 0 atom stereocenters. The van der Waals surface area contributed by atoms with Crippen LogP contribution in [0.3, 0.4) is 0 Å². The minimum atomic E-state index is -4.70. The van der Waals surface area contributed by atoms with Crippen LogP contribution in [0.15, 0.2) is 73.2 Å². The van der Waals surface area contributed by atoms with Gasteiger partial charge >= 0.3 is 6.18 Å². The Kier molecular flexibility index (Phi) is 5.56. The van der Waals surface area contributed by atoms with Gasteiger partial charge in [-0.25, -0.2) is 9.67 Å². The summed E-state index contributed by atoms with van der Waals surface area (Å²) in [4.78, 5) is 30.7. The van der Waals surface area contributed by atoms with Crippen molar-refractivity contribution in [3.63, 3.8) is 0 Å². The number of aromatic nitrogens is 4. The van der Waals surface area contributed by atoms with Gasteiger partial charge in [-0.15, -0.1) is 0 Å². The second-order valence-corrected chi connectivity index (χ2v) is 6.70. The number of carbonyl (C=O) groups is 1. The Morgan fingerprint density at radius 1 is 1.06 bits per heavy atom. The maximum Gasteiger partial charge on any atom is 0.433 e. The molecule has 166 valence electrons. The van der Waals surface area contributed by atoms with Crippen LogP contribution in [0.4, 0.5) is 24.5 Å². The summed E-state index contributed by atoms with van der Waals surface area (Å²) in [6.07, 6.45) is -0.687. The van der Waals surface area contributed by atoms with Crippen molar-refractivity contribution >= 4 is 17.3 Å². The van der Waals surface area contributed by atoms with Gasteiger partial charge in [0.15, 0.2) is 11.5 Å². The van der Waals surface area contributed by atoms with E-state index >= 15 is 0 Å². The van der Waals surface area contributed by atoms with Crippen LogP contribution in [-0.2, 0) is 6.18 Å². The lowest BCUT2D eigenvalue weighted by atomic mass is 10.1. The molecule has 4 rings (SSSR count). The van der Waals surface area contributed by atoms with Crippen LogP contribution >= 0.6 is 0 Å². The van der Waals surface area contributed by atoms with Gasteiger partial charge in [0, 0.05) is 24.0 Å². The van der Waals surface area contributed by atoms with Gasteiger partial charge in [-0.2, -0.15) is 18.3 Å². The normalized spacial score (nSPS) is 11.2. The Hall–Kier alpha value is -4.61. The Labute approximate surface area is 183 Å². The topological polar surface area (TPSA) is 116 Å². The van der Waals surface area contributed by atoms with E-state index in [1.807, 2.05) is 0 Å². The van der Waals surface area contributed by atoms with Gasteiger partial charge in [0.05, 0.1) is 22.5 Å². The summed E-state index contributed by atoms with van der Waals surface area (Å²) in [6.45, 7) is 0. The SMILES string of the molecule is O=C(Nc1ccc(-n2nc(-c3cccnc3)cc2C(F)(F)F)nc1)c1ccccc1[N+](=O)[O-]. The monoisotopic (exact) mass is 454 g/mol. The number of hydrogen-bond donors (Lipinski definition) is 1. The van der Waals surface area contributed by atoms with E-state index in [0.29, 0.717) is 10.2 Å². The van der Waals surface area contributed by atoms with Crippen molar-refractivity contribution in [2.24, 2.45) is 0 Å². The standard InChI is InChI=1S/C21H13F3N6O3/c22-21(23,24)18-10-16(13-4-3-9-25-11-13)28-29(18)19-8-7-14(12-26-19)27-20(31)15-5-1-2-6-17(15)30(32)33/h1-12H,(H,27,31). The first-order valence-corrected chi connectivity index (χ1v) is 9.33. The summed E-state index contributed by atoms with van der Waals surface area (Å²) in [7, 11) is 0. The zero-order valence-electron chi connectivity index (χ0n) is 16.5. The Morgan fingerprint density at radius 3 is 2.48 bits per heavy atom. The van der Waals surface area contributed by atoms with Gasteiger partial charge in [-0.05, 0) is 36.4 Å². The highest BCUT2D eigenvalue weighted by atomic mass is 19.4. The summed E-state index contributed by atoms with van der Waals surface area (Å²) in [5.74, 6) is -0.896. The number of halogens is 3. The van der Waals surface area contributed by atoms with Crippen molar-refractivity contribution in [2.45, 2.75) is 6.18 Å². The summed E-state index contributed by atoms with van der Waals surface area (Å²) in [6, 6.07) is 12.0. The molecular formula is C21H13F3N6O3. The molecule has 33 heavy (non-hydrogen) atoms. The molecule has 0 saturated carbocycles. The lowest BCUT2D eigenvalue weighted by molar-refractivity contribution is -0.385. The zero-order chi connectivity index (χ0) is 23.6. The molecule has 3 aromatic heterocycles. The van der Waals surface area contributed by atoms with Gasteiger partial charge in [0.2, 0.25) is 0 Å². The number of nitrogens with one attached hydrogen (secondary N) is 1. The van der Waals surface area contributed by atoms with E-state index in [-0.39, 0.29) is 28.5 Å². The van der Waals surface area contributed by atoms with Gasteiger partial charge in [0.1, 0.15) is 5.56 Å². The second-order valence-electron chi connectivity index (χ2n) is 6.70. The smallest absolute Gasteiger partial charge is 0.320 e. The molecule has 0 bridgehead atoms. The predicted molar refractivity (Wildman–Crippen MR) is 111 cm³/mol. The number of para-hydroxylation sites is 1. The average molecular weight is 454 g/mol. The van der Waals surface area contributed by atoms with Gasteiger partial charge in [-0.3, -0.25) is 19.9 Å². The van der Waals surface area contributed by atoms with Crippen molar-refractivity contribution in [3.8, 4) is 17.1 Å². The summed E-state index contributed by atoms with van der Waals surface area (Å²) < 4.78 is 41.4. The lowest BCUT2D eigenvalue weighted by Gasteiger charge is -2.10. The van der Waals surface area contributed by atoms with Crippen molar-refractivity contribution in [2.75, 3.05) is 5.32 Å². The summed E-state index contributed by atoms with van der Waals surface area (Å²) in [5, 5.41) is 17.6. The van der Waals surface area contributed by atoms with Crippen molar-refractivity contribution in [1.82, 2.24) is 19.7 Å². The van der Waals surface area contributed by atoms with Crippen LogP contribution in [-0.4, -0.2) is 30.6 Å². The highest BCUT2D eigenvalue weighted by Crippen LogP contribution is 2.33. The number of amides is 1. The summed E-state index contributed by atoms with van der Waals surface area (Å²) >= 11 is 0. The molecule has 0 saturated heterocycles. The molecular weight excluding hydrogens is 441 g/mol. The quantitative estimate of drug-likeness (QED) is 0.350. The van der Waals surface area contributed by atoms with Gasteiger partial charge in [-0.1, -0.05) is 12.1 Å². The molecule has 1 amide bonds. The van der Waals surface area contributed by atoms with Gasteiger partial charge < -0.3 is 5.32 Å². The Morgan fingerprint density at radius 2 is 1.85 bits per heavy atom. The maximum atomic E-state index is 13.6.